The van der Waals surface area contributed by atoms with Crippen LogP contribution in [-0.2, 0) is 7.05 Å². The third-order valence-corrected chi connectivity index (χ3v) is 6.90. The topological polar surface area (TPSA) is 75.9 Å². The monoisotopic (exact) mass is 450 g/mol. The van der Waals surface area contributed by atoms with Gasteiger partial charge in [0, 0.05) is 35.4 Å². The molecule has 1 fully saturated rings. The number of fused-ring (bicyclic) bond motifs is 1. The van der Waals surface area contributed by atoms with Gasteiger partial charge in [0.05, 0.1) is 17.8 Å². The van der Waals surface area contributed by atoms with Crippen LogP contribution in [0.2, 0.25) is 0 Å². The maximum absolute atomic E-state index is 15.2. The highest BCUT2D eigenvalue weighted by molar-refractivity contribution is 7.17. The van der Waals surface area contributed by atoms with Crippen LogP contribution in [0.4, 0.5) is 10.2 Å². The highest BCUT2D eigenvalue weighted by atomic mass is 32.1. The fourth-order valence-electron chi connectivity index (χ4n) is 4.24. The molecule has 7 nitrogen and oxygen atoms in total. The summed E-state index contributed by atoms with van der Waals surface area (Å²) in [6.07, 6.45) is 5.21. The van der Waals surface area contributed by atoms with E-state index in [4.69, 9.17) is 0 Å². The van der Waals surface area contributed by atoms with E-state index in [0.717, 1.165) is 35.0 Å². The number of benzene rings is 1. The number of nitrogens with zero attached hydrogens (tertiary/aromatic N) is 5. The SMILES string of the molecule is Cc1csc2ccnc(N(C(=O)c3ccc(-c4cn(C)nn4)cc3F)[C@@H]3CCCNC3)c12. The zero-order chi connectivity index (χ0) is 22.2. The lowest BCUT2D eigenvalue weighted by atomic mass is 10.0. The molecule has 1 N–H and O–H groups in total. The second-order valence-electron chi connectivity index (χ2n) is 8.07. The number of piperidine rings is 1. The van der Waals surface area contributed by atoms with Gasteiger partial charge in [-0.3, -0.25) is 14.4 Å². The Morgan fingerprint density at radius 2 is 2.22 bits per heavy atom. The molecule has 1 aliphatic heterocycles. The Morgan fingerprint density at radius 1 is 1.34 bits per heavy atom. The number of rotatable bonds is 4. The molecular formula is C23H23FN6OS. The molecule has 3 aromatic heterocycles. The predicted molar refractivity (Wildman–Crippen MR) is 123 cm³/mol. The maximum Gasteiger partial charge on any atom is 0.262 e. The van der Waals surface area contributed by atoms with Gasteiger partial charge in [-0.1, -0.05) is 11.3 Å². The van der Waals surface area contributed by atoms with Gasteiger partial charge >= 0.3 is 0 Å². The Bertz CT molecular complexity index is 1290. The number of carbonyl (C=O) groups is 1. The van der Waals surface area contributed by atoms with E-state index in [-0.39, 0.29) is 17.5 Å². The van der Waals surface area contributed by atoms with Gasteiger partial charge in [0.1, 0.15) is 17.3 Å². The summed E-state index contributed by atoms with van der Waals surface area (Å²) in [5.41, 5.74) is 2.22. The van der Waals surface area contributed by atoms with Crippen molar-refractivity contribution in [2.24, 2.45) is 7.05 Å². The van der Waals surface area contributed by atoms with Gasteiger partial charge in [-0.2, -0.15) is 0 Å². The zero-order valence-corrected chi connectivity index (χ0v) is 18.7. The van der Waals surface area contributed by atoms with Crippen LogP contribution in [0.1, 0.15) is 28.8 Å². The van der Waals surface area contributed by atoms with Crippen molar-refractivity contribution in [1.29, 1.82) is 0 Å². The molecule has 0 unspecified atom stereocenters. The number of aryl methyl sites for hydroxylation is 2. The lowest BCUT2D eigenvalue weighted by molar-refractivity contribution is 0.0968. The van der Waals surface area contributed by atoms with Crippen molar-refractivity contribution < 1.29 is 9.18 Å². The van der Waals surface area contributed by atoms with Crippen molar-refractivity contribution in [3.05, 3.63) is 59.0 Å². The average Bonchev–Trinajstić information content (AvgIpc) is 3.41. The molecule has 5 rings (SSSR count). The van der Waals surface area contributed by atoms with Crippen LogP contribution in [0.25, 0.3) is 21.3 Å². The molecule has 0 saturated carbocycles. The Labute approximate surface area is 188 Å². The predicted octanol–water partition coefficient (Wildman–Crippen LogP) is 3.94. The van der Waals surface area contributed by atoms with E-state index in [9.17, 15) is 4.79 Å². The second-order valence-corrected chi connectivity index (χ2v) is 8.99. The van der Waals surface area contributed by atoms with E-state index in [2.05, 4.69) is 26.0 Å². The van der Waals surface area contributed by atoms with Crippen molar-refractivity contribution >= 4 is 33.1 Å². The number of nitrogens with one attached hydrogen (secondary N) is 1. The van der Waals surface area contributed by atoms with E-state index < -0.39 is 5.82 Å². The molecule has 4 heterocycles. The summed E-state index contributed by atoms with van der Waals surface area (Å²) in [6.45, 7) is 3.57. The number of hydrogen-bond acceptors (Lipinski definition) is 6. The fourth-order valence-corrected chi connectivity index (χ4v) is 5.17. The number of carbonyl (C=O) groups excluding carboxylic acids is 1. The number of pyridine rings is 1. The molecule has 0 aliphatic carbocycles. The molecule has 0 radical (unpaired) electrons. The number of anilines is 1. The minimum Gasteiger partial charge on any atom is -0.315 e. The lowest BCUT2D eigenvalue weighted by Crippen LogP contribution is -2.49. The molecule has 164 valence electrons. The molecule has 1 saturated heterocycles. The largest absolute Gasteiger partial charge is 0.315 e. The van der Waals surface area contributed by atoms with Gasteiger partial charge < -0.3 is 5.32 Å². The Balaban J connectivity index is 1.59. The van der Waals surface area contributed by atoms with Gasteiger partial charge in [-0.05, 0) is 55.5 Å². The highest BCUT2D eigenvalue weighted by Crippen LogP contribution is 2.35. The van der Waals surface area contributed by atoms with E-state index in [1.54, 1.807) is 46.4 Å². The van der Waals surface area contributed by atoms with E-state index >= 15 is 4.39 Å². The van der Waals surface area contributed by atoms with Gasteiger partial charge in [-0.25, -0.2) is 9.37 Å². The van der Waals surface area contributed by atoms with Crippen molar-refractivity contribution in [2.75, 3.05) is 18.0 Å². The van der Waals surface area contributed by atoms with Crippen molar-refractivity contribution in [3.8, 4) is 11.3 Å². The van der Waals surface area contributed by atoms with Crippen molar-refractivity contribution in [1.82, 2.24) is 25.3 Å². The average molecular weight is 451 g/mol. The van der Waals surface area contributed by atoms with Crippen LogP contribution >= 0.6 is 11.3 Å². The Morgan fingerprint density at radius 3 is 2.94 bits per heavy atom. The summed E-state index contributed by atoms with van der Waals surface area (Å²) >= 11 is 1.62. The summed E-state index contributed by atoms with van der Waals surface area (Å²) in [6, 6.07) is 6.44. The van der Waals surface area contributed by atoms with Crippen LogP contribution in [0.3, 0.4) is 0 Å². The molecule has 4 aromatic rings. The van der Waals surface area contributed by atoms with E-state index in [1.807, 2.05) is 13.0 Å². The van der Waals surface area contributed by atoms with Crippen LogP contribution in [0, 0.1) is 12.7 Å². The van der Waals surface area contributed by atoms with E-state index in [1.165, 1.54) is 12.1 Å². The molecule has 1 aromatic carbocycles. The number of amides is 1. The number of thiophene rings is 1. The van der Waals surface area contributed by atoms with Crippen LogP contribution < -0.4 is 10.2 Å². The van der Waals surface area contributed by atoms with Crippen LogP contribution in [-0.4, -0.2) is 45.0 Å². The Hall–Kier alpha value is -3.17. The summed E-state index contributed by atoms with van der Waals surface area (Å²) < 4.78 is 17.9. The fraction of sp³-hybridized carbons (Fsp3) is 0.304. The molecule has 0 spiro atoms. The third-order valence-electron chi connectivity index (χ3n) is 5.83. The van der Waals surface area contributed by atoms with Crippen molar-refractivity contribution in [2.45, 2.75) is 25.8 Å². The van der Waals surface area contributed by atoms with E-state index in [0.29, 0.717) is 23.6 Å². The first-order chi connectivity index (χ1) is 15.5. The minimum atomic E-state index is -0.582. The normalized spacial score (nSPS) is 16.4. The molecule has 1 aliphatic rings. The molecule has 32 heavy (non-hydrogen) atoms. The quantitative estimate of drug-likeness (QED) is 0.510. The van der Waals surface area contributed by atoms with Gasteiger partial charge in [0.15, 0.2) is 0 Å². The Kier molecular flexibility index (Phi) is 5.44. The lowest BCUT2D eigenvalue weighted by Gasteiger charge is -2.34. The molecular weight excluding hydrogens is 427 g/mol. The van der Waals surface area contributed by atoms with Crippen LogP contribution in [0.5, 0.6) is 0 Å². The summed E-state index contributed by atoms with van der Waals surface area (Å²) in [7, 11) is 1.75. The summed E-state index contributed by atoms with van der Waals surface area (Å²) in [5, 5.41) is 14.3. The third kappa shape index (κ3) is 3.67. The molecule has 9 heteroatoms. The number of hydrogen-bond donors (Lipinski definition) is 1. The van der Waals surface area contributed by atoms with Gasteiger partial charge in [0.2, 0.25) is 0 Å². The highest BCUT2D eigenvalue weighted by Gasteiger charge is 2.32. The maximum atomic E-state index is 15.2. The summed E-state index contributed by atoms with van der Waals surface area (Å²) in [5.74, 6) is -0.369. The number of halogens is 1. The standard InChI is InChI=1S/C23H23FN6OS/c1-14-13-32-20-7-9-26-22(21(14)20)30(16-4-3-8-25-11-16)23(31)17-6-5-15(10-18(17)24)19-12-29(2)28-27-19/h5-7,9-10,12-13,16,25H,3-4,8,11H2,1-2H3/t16-/m1/s1. The van der Waals surface area contributed by atoms with Crippen LogP contribution in [0.15, 0.2) is 42.0 Å². The van der Waals surface area contributed by atoms with Crippen molar-refractivity contribution in [3.63, 3.8) is 0 Å². The summed E-state index contributed by atoms with van der Waals surface area (Å²) in [4.78, 5) is 20.1. The van der Waals surface area contributed by atoms with Gasteiger partial charge in [-0.15, -0.1) is 16.4 Å². The molecule has 1 amide bonds. The smallest absolute Gasteiger partial charge is 0.262 e. The first-order valence-corrected chi connectivity index (χ1v) is 11.4. The molecule has 1 atom stereocenters. The van der Waals surface area contributed by atoms with Gasteiger partial charge in [0.25, 0.3) is 5.91 Å². The first kappa shape index (κ1) is 20.7. The zero-order valence-electron chi connectivity index (χ0n) is 17.9. The second kappa shape index (κ2) is 8.40. The number of aromatic nitrogens is 4. The molecule has 0 bridgehead atoms. The first-order valence-electron chi connectivity index (χ1n) is 10.6. The minimum absolute atomic E-state index is 0.0231.